The molecular formula is C17H16ClN3S. The SMILES string of the molecule is Cc1ccccc1CSc1nnc(C)n1-c1cccc(Cl)c1. The van der Waals surface area contributed by atoms with Crippen molar-refractivity contribution in [2.75, 3.05) is 0 Å². The van der Waals surface area contributed by atoms with E-state index in [9.17, 15) is 0 Å². The highest BCUT2D eigenvalue weighted by molar-refractivity contribution is 7.98. The van der Waals surface area contributed by atoms with Crippen molar-refractivity contribution in [1.82, 2.24) is 14.8 Å². The molecule has 1 aromatic heterocycles. The van der Waals surface area contributed by atoms with Gasteiger partial charge >= 0.3 is 0 Å². The van der Waals surface area contributed by atoms with Crippen LogP contribution in [0.1, 0.15) is 17.0 Å². The molecule has 112 valence electrons. The van der Waals surface area contributed by atoms with Crippen LogP contribution in [0.3, 0.4) is 0 Å². The number of nitrogens with zero attached hydrogens (tertiary/aromatic N) is 3. The first-order valence-electron chi connectivity index (χ1n) is 7.00. The third-order valence-electron chi connectivity index (χ3n) is 3.48. The molecule has 22 heavy (non-hydrogen) atoms. The first-order chi connectivity index (χ1) is 10.6. The number of rotatable bonds is 4. The molecule has 2 aromatic carbocycles. The average Bonchev–Trinajstić information content (AvgIpc) is 2.87. The predicted molar refractivity (Wildman–Crippen MR) is 91.8 cm³/mol. The van der Waals surface area contributed by atoms with Crippen LogP contribution in [0.2, 0.25) is 5.02 Å². The van der Waals surface area contributed by atoms with Crippen molar-refractivity contribution in [3.05, 3.63) is 70.5 Å². The summed E-state index contributed by atoms with van der Waals surface area (Å²) >= 11 is 7.78. The fourth-order valence-corrected chi connectivity index (χ4v) is 3.52. The zero-order chi connectivity index (χ0) is 15.5. The topological polar surface area (TPSA) is 30.7 Å². The van der Waals surface area contributed by atoms with Gasteiger partial charge in [-0.15, -0.1) is 10.2 Å². The molecule has 0 aliphatic heterocycles. The lowest BCUT2D eigenvalue weighted by molar-refractivity contribution is 0.868. The van der Waals surface area contributed by atoms with Gasteiger partial charge < -0.3 is 0 Å². The molecule has 0 saturated heterocycles. The lowest BCUT2D eigenvalue weighted by Gasteiger charge is -2.09. The molecule has 0 unspecified atom stereocenters. The number of hydrogen-bond donors (Lipinski definition) is 0. The highest BCUT2D eigenvalue weighted by Gasteiger charge is 2.12. The predicted octanol–water partition coefficient (Wildman–Crippen LogP) is 4.83. The maximum absolute atomic E-state index is 6.10. The molecule has 0 saturated carbocycles. The molecule has 3 aromatic rings. The molecular weight excluding hydrogens is 314 g/mol. The number of halogens is 1. The molecule has 3 nitrogen and oxygen atoms in total. The van der Waals surface area contributed by atoms with Gasteiger partial charge in [-0.1, -0.05) is 53.7 Å². The van der Waals surface area contributed by atoms with Crippen LogP contribution in [0.4, 0.5) is 0 Å². The summed E-state index contributed by atoms with van der Waals surface area (Å²) in [7, 11) is 0. The summed E-state index contributed by atoms with van der Waals surface area (Å²) in [5, 5.41) is 10.1. The monoisotopic (exact) mass is 329 g/mol. The van der Waals surface area contributed by atoms with Gasteiger partial charge in [0.25, 0.3) is 0 Å². The maximum atomic E-state index is 6.10. The zero-order valence-corrected chi connectivity index (χ0v) is 14.0. The van der Waals surface area contributed by atoms with E-state index in [1.165, 1.54) is 11.1 Å². The summed E-state index contributed by atoms with van der Waals surface area (Å²) in [6.45, 7) is 4.08. The van der Waals surface area contributed by atoms with Crippen molar-refractivity contribution < 1.29 is 0 Å². The van der Waals surface area contributed by atoms with Crippen LogP contribution in [0.5, 0.6) is 0 Å². The van der Waals surface area contributed by atoms with Crippen LogP contribution >= 0.6 is 23.4 Å². The van der Waals surface area contributed by atoms with E-state index in [-0.39, 0.29) is 0 Å². The molecule has 0 atom stereocenters. The van der Waals surface area contributed by atoms with Gasteiger partial charge in [0.15, 0.2) is 5.16 Å². The Morgan fingerprint density at radius 1 is 1.05 bits per heavy atom. The highest BCUT2D eigenvalue weighted by atomic mass is 35.5. The van der Waals surface area contributed by atoms with Crippen molar-refractivity contribution in [2.45, 2.75) is 24.8 Å². The van der Waals surface area contributed by atoms with Gasteiger partial charge in [-0.2, -0.15) is 0 Å². The third kappa shape index (κ3) is 3.18. The van der Waals surface area contributed by atoms with Crippen molar-refractivity contribution in [2.24, 2.45) is 0 Å². The summed E-state index contributed by atoms with van der Waals surface area (Å²) in [4.78, 5) is 0. The van der Waals surface area contributed by atoms with E-state index >= 15 is 0 Å². The normalized spacial score (nSPS) is 10.9. The van der Waals surface area contributed by atoms with Gasteiger partial charge in [0.2, 0.25) is 0 Å². The van der Waals surface area contributed by atoms with Gasteiger partial charge in [-0.25, -0.2) is 0 Å². The van der Waals surface area contributed by atoms with Crippen LogP contribution < -0.4 is 0 Å². The van der Waals surface area contributed by atoms with Crippen molar-refractivity contribution in [3.8, 4) is 5.69 Å². The molecule has 0 aliphatic carbocycles. The minimum atomic E-state index is 0.709. The van der Waals surface area contributed by atoms with Gasteiger partial charge in [-0.05, 0) is 43.2 Å². The molecule has 0 spiro atoms. The van der Waals surface area contributed by atoms with Crippen molar-refractivity contribution in [1.29, 1.82) is 0 Å². The van der Waals surface area contributed by atoms with E-state index < -0.39 is 0 Å². The van der Waals surface area contributed by atoms with Crippen LogP contribution in [-0.2, 0) is 5.75 Å². The number of aryl methyl sites for hydroxylation is 2. The Morgan fingerprint density at radius 2 is 1.86 bits per heavy atom. The van der Waals surface area contributed by atoms with Gasteiger partial charge in [0.1, 0.15) is 5.82 Å². The lowest BCUT2D eigenvalue weighted by Crippen LogP contribution is -1.99. The second kappa shape index (κ2) is 6.55. The van der Waals surface area contributed by atoms with Gasteiger partial charge in [0.05, 0.1) is 5.69 Å². The summed E-state index contributed by atoms with van der Waals surface area (Å²) in [6, 6.07) is 16.1. The van der Waals surface area contributed by atoms with E-state index in [0.717, 1.165) is 22.4 Å². The van der Waals surface area contributed by atoms with E-state index in [2.05, 4.69) is 41.4 Å². The smallest absolute Gasteiger partial charge is 0.196 e. The summed E-state index contributed by atoms with van der Waals surface area (Å²) in [5.74, 6) is 1.72. The van der Waals surface area contributed by atoms with Crippen LogP contribution in [0.25, 0.3) is 5.69 Å². The van der Waals surface area contributed by atoms with Crippen molar-refractivity contribution in [3.63, 3.8) is 0 Å². The van der Waals surface area contributed by atoms with E-state index in [0.29, 0.717) is 5.02 Å². The molecule has 0 N–H and O–H groups in total. The van der Waals surface area contributed by atoms with Crippen LogP contribution in [0.15, 0.2) is 53.7 Å². The van der Waals surface area contributed by atoms with Gasteiger partial charge in [0, 0.05) is 10.8 Å². The number of benzene rings is 2. The summed E-state index contributed by atoms with van der Waals surface area (Å²) < 4.78 is 2.04. The van der Waals surface area contributed by atoms with Crippen LogP contribution in [0, 0.1) is 13.8 Å². The Kier molecular flexibility index (Phi) is 4.50. The molecule has 0 aliphatic rings. The fourth-order valence-electron chi connectivity index (χ4n) is 2.26. The lowest BCUT2D eigenvalue weighted by atomic mass is 10.1. The summed E-state index contributed by atoms with van der Waals surface area (Å²) in [5.41, 5.74) is 3.59. The second-order valence-electron chi connectivity index (χ2n) is 5.06. The molecule has 5 heteroatoms. The zero-order valence-electron chi connectivity index (χ0n) is 12.5. The quantitative estimate of drug-likeness (QED) is 0.642. The largest absolute Gasteiger partial charge is 0.274 e. The van der Waals surface area contributed by atoms with E-state index in [1.807, 2.05) is 35.8 Å². The second-order valence-corrected chi connectivity index (χ2v) is 6.44. The van der Waals surface area contributed by atoms with Crippen molar-refractivity contribution >= 4 is 23.4 Å². The molecule has 1 heterocycles. The first kappa shape index (κ1) is 15.1. The Labute approximate surface area is 139 Å². The molecule has 0 fully saturated rings. The highest BCUT2D eigenvalue weighted by Crippen LogP contribution is 2.27. The Balaban J connectivity index is 1.88. The summed E-state index contributed by atoms with van der Waals surface area (Å²) in [6.07, 6.45) is 0. The number of thioether (sulfide) groups is 1. The number of aromatic nitrogens is 3. The first-order valence-corrected chi connectivity index (χ1v) is 8.37. The van der Waals surface area contributed by atoms with E-state index in [1.54, 1.807) is 11.8 Å². The molecule has 0 amide bonds. The fraction of sp³-hybridized carbons (Fsp3) is 0.176. The van der Waals surface area contributed by atoms with Gasteiger partial charge in [-0.3, -0.25) is 4.57 Å². The van der Waals surface area contributed by atoms with Crippen LogP contribution in [-0.4, -0.2) is 14.8 Å². The Hall–Kier alpha value is -1.78. The minimum Gasteiger partial charge on any atom is -0.274 e. The minimum absolute atomic E-state index is 0.709. The number of hydrogen-bond acceptors (Lipinski definition) is 3. The maximum Gasteiger partial charge on any atom is 0.196 e. The standard InChI is InChI=1S/C17H16ClN3S/c1-12-6-3-4-7-14(12)11-22-17-20-19-13(2)21(17)16-9-5-8-15(18)10-16/h3-10H,11H2,1-2H3. The van der Waals surface area contributed by atoms with E-state index in [4.69, 9.17) is 11.6 Å². The molecule has 3 rings (SSSR count). The molecule has 0 bridgehead atoms. The third-order valence-corrected chi connectivity index (χ3v) is 4.69. The Bertz CT molecular complexity index is 798. The molecule has 0 radical (unpaired) electrons. The Morgan fingerprint density at radius 3 is 2.64 bits per heavy atom. The average molecular weight is 330 g/mol.